The summed E-state index contributed by atoms with van der Waals surface area (Å²) in [7, 11) is 0. The van der Waals surface area contributed by atoms with Crippen molar-refractivity contribution in [2.24, 2.45) is 5.73 Å². The van der Waals surface area contributed by atoms with E-state index in [4.69, 9.17) is 10.5 Å². The first-order valence-electron chi connectivity index (χ1n) is 7.30. The highest BCUT2D eigenvalue weighted by Crippen LogP contribution is 2.21. The largest absolute Gasteiger partial charge is 0.444 e. The molecule has 0 bridgehead atoms. The van der Waals surface area contributed by atoms with Crippen LogP contribution in [0.15, 0.2) is 0 Å². The molecule has 3 N–H and O–H groups in total. The summed E-state index contributed by atoms with van der Waals surface area (Å²) < 4.78 is 5.24. The molecule has 0 spiro atoms. The van der Waals surface area contributed by atoms with E-state index in [-0.39, 0.29) is 12.1 Å². The molecule has 1 saturated heterocycles. The second-order valence-electron chi connectivity index (χ2n) is 6.21. The fourth-order valence-corrected chi connectivity index (χ4v) is 2.63. The number of ether oxygens (including phenoxy) is 1. The van der Waals surface area contributed by atoms with Crippen molar-refractivity contribution in [3.63, 3.8) is 0 Å². The Morgan fingerprint density at radius 3 is 2.74 bits per heavy atom. The lowest BCUT2D eigenvalue weighted by Gasteiger charge is -2.32. The molecular formula is C14H29N3O2. The average Bonchev–Trinajstić information content (AvgIpc) is 2.76. The third kappa shape index (κ3) is 5.37. The molecule has 0 aromatic heterocycles. The molecule has 1 amide bonds. The molecule has 1 aliphatic heterocycles. The van der Waals surface area contributed by atoms with Crippen molar-refractivity contribution in [2.45, 2.75) is 64.6 Å². The molecule has 1 fully saturated rings. The second-order valence-corrected chi connectivity index (χ2v) is 6.21. The summed E-state index contributed by atoms with van der Waals surface area (Å²) in [5, 5.41) is 2.83. The molecule has 2 unspecified atom stereocenters. The summed E-state index contributed by atoms with van der Waals surface area (Å²) in [6.45, 7) is 9.99. The predicted octanol–water partition coefficient (Wildman–Crippen LogP) is 1.71. The second kappa shape index (κ2) is 7.10. The molecule has 112 valence electrons. The van der Waals surface area contributed by atoms with Gasteiger partial charge in [0.1, 0.15) is 5.60 Å². The standard InChI is InChI=1S/C14H29N3O2/c1-5-11-7-6-8-17(11)12(9-15)10-16-13(18)19-14(2,3)4/h11-12H,5-10,15H2,1-4H3,(H,16,18). The van der Waals surface area contributed by atoms with Gasteiger partial charge >= 0.3 is 6.09 Å². The van der Waals surface area contributed by atoms with Gasteiger partial charge in [0.25, 0.3) is 0 Å². The number of carbonyl (C=O) groups excluding carboxylic acids is 1. The Morgan fingerprint density at radius 1 is 1.53 bits per heavy atom. The average molecular weight is 271 g/mol. The Balaban J connectivity index is 2.42. The highest BCUT2D eigenvalue weighted by Gasteiger charge is 2.29. The molecule has 19 heavy (non-hydrogen) atoms. The summed E-state index contributed by atoms with van der Waals surface area (Å²) in [5.41, 5.74) is 5.39. The monoisotopic (exact) mass is 271 g/mol. The summed E-state index contributed by atoms with van der Waals surface area (Å²) >= 11 is 0. The Labute approximate surface area is 116 Å². The first-order chi connectivity index (χ1) is 8.87. The number of likely N-dealkylation sites (tertiary alicyclic amines) is 1. The van der Waals surface area contributed by atoms with Gasteiger partial charge in [-0.15, -0.1) is 0 Å². The zero-order valence-electron chi connectivity index (χ0n) is 12.7. The van der Waals surface area contributed by atoms with Gasteiger partial charge in [-0.05, 0) is 46.6 Å². The van der Waals surface area contributed by atoms with Crippen molar-refractivity contribution >= 4 is 6.09 Å². The highest BCUT2D eigenvalue weighted by molar-refractivity contribution is 5.67. The van der Waals surface area contributed by atoms with Gasteiger partial charge in [-0.25, -0.2) is 4.79 Å². The van der Waals surface area contributed by atoms with Crippen LogP contribution in [0.25, 0.3) is 0 Å². The van der Waals surface area contributed by atoms with Gasteiger partial charge in [0.05, 0.1) is 0 Å². The number of amides is 1. The minimum Gasteiger partial charge on any atom is -0.444 e. The van der Waals surface area contributed by atoms with Crippen LogP contribution < -0.4 is 11.1 Å². The number of nitrogens with two attached hydrogens (primary N) is 1. The van der Waals surface area contributed by atoms with Crippen molar-refractivity contribution in [3.05, 3.63) is 0 Å². The molecule has 0 aliphatic carbocycles. The van der Waals surface area contributed by atoms with E-state index in [1.807, 2.05) is 20.8 Å². The lowest BCUT2D eigenvalue weighted by molar-refractivity contribution is 0.0505. The number of carbonyl (C=O) groups is 1. The Kier molecular flexibility index (Phi) is 6.07. The van der Waals surface area contributed by atoms with E-state index < -0.39 is 5.60 Å². The highest BCUT2D eigenvalue weighted by atomic mass is 16.6. The lowest BCUT2D eigenvalue weighted by Crippen LogP contribution is -2.50. The molecule has 1 rings (SSSR count). The maximum absolute atomic E-state index is 11.7. The third-order valence-electron chi connectivity index (χ3n) is 3.52. The van der Waals surface area contributed by atoms with E-state index in [1.165, 1.54) is 12.8 Å². The maximum Gasteiger partial charge on any atom is 0.407 e. The summed E-state index contributed by atoms with van der Waals surface area (Å²) in [4.78, 5) is 14.1. The van der Waals surface area contributed by atoms with E-state index in [1.54, 1.807) is 0 Å². The molecule has 5 nitrogen and oxygen atoms in total. The van der Waals surface area contributed by atoms with Crippen molar-refractivity contribution in [1.29, 1.82) is 0 Å². The maximum atomic E-state index is 11.7. The fraction of sp³-hybridized carbons (Fsp3) is 0.929. The molecular weight excluding hydrogens is 242 g/mol. The Bertz CT molecular complexity index is 289. The van der Waals surface area contributed by atoms with E-state index in [0.29, 0.717) is 19.1 Å². The number of hydrogen-bond acceptors (Lipinski definition) is 4. The zero-order chi connectivity index (χ0) is 14.5. The molecule has 0 radical (unpaired) electrons. The number of alkyl carbamates (subject to hydrolysis) is 1. The molecule has 1 aliphatic rings. The predicted molar refractivity (Wildman–Crippen MR) is 77.1 cm³/mol. The van der Waals surface area contributed by atoms with Crippen LogP contribution >= 0.6 is 0 Å². The van der Waals surface area contributed by atoms with Gasteiger partial charge in [0, 0.05) is 25.2 Å². The first-order valence-corrected chi connectivity index (χ1v) is 7.30. The lowest BCUT2D eigenvalue weighted by atomic mass is 10.1. The summed E-state index contributed by atoms with van der Waals surface area (Å²) in [5.74, 6) is 0. The third-order valence-corrected chi connectivity index (χ3v) is 3.52. The van der Waals surface area contributed by atoms with Crippen LogP contribution in [0.4, 0.5) is 4.79 Å². The van der Waals surface area contributed by atoms with E-state index in [2.05, 4.69) is 17.1 Å². The number of hydrogen-bond donors (Lipinski definition) is 2. The van der Waals surface area contributed by atoms with E-state index >= 15 is 0 Å². The van der Waals surface area contributed by atoms with Gasteiger partial charge in [-0.1, -0.05) is 6.92 Å². The van der Waals surface area contributed by atoms with Crippen molar-refractivity contribution < 1.29 is 9.53 Å². The van der Waals surface area contributed by atoms with Crippen LogP contribution in [0.2, 0.25) is 0 Å². The van der Waals surface area contributed by atoms with Crippen molar-refractivity contribution in [1.82, 2.24) is 10.2 Å². The van der Waals surface area contributed by atoms with Gasteiger partial charge in [0.15, 0.2) is 0 Å². The van der Waals surface area contributed by atoms with Crippen LogP contribution in [0, 0.1) is 0 Å². The topological polar surface area (TPSA) is 67.6 Å². The van der Waals surface area contributed by atoms with Crippen LogP contribution in [-0.2, 0) is 4.74 Å². The summed E-state index contributed by atoms with van der Waals surface area (Å²) in [6, 6.07) is 0.814. The minimum absolute atomic E-state index is 0.208. The van der Waals surface area contributed by atoms with E-state index in [9.17, 15) is 4.79 Å². The Morgan fingerprint density at radius 2 is 2.21 bits per heavy atom. The van der Waals surface area contributed by atoms with Gasteiger partial charge in [-0.3, -0.25) is 4.90 Å². The molecule has 0 aromatic rings. The van der Waals surface area contributed by atoms with Gasteiger partial charge < -0.3 is 15.8 Å². The molecule has 2 atom stereocenters. The van der Waals surface area contributed by atoms with Crippen LogP contribution in [0.5, 0.6) is 0 Å². The van der Waals surface area contributed by atoms with Gasteiger partial charge in [0.2, 0.25) is 0 Å². The smallest absolute Gasteiger partial charge is 0.407 e. The quantitative estimate of drug-likeness (QED) is 0.799. The number of rotatable bonds is 5. The minimum atomic E-state index is -0.456. The summed E-state index contributed by atoms with van der Waals surface area (Å²) in [6.07, 6.45) is 3.24. The zero-order valence-corrected chi connectivity index (χ0v) is 12.7. The van der Waals surface area contributed by atoms with Crippen LogP contribution in [0.3, 0.4) is 0 Å². The number of nitrogens with one attached hydrogen (secondary N) is 1. The Hall–Kier alpha value is -0.810. The van der Waals surface area contributed by atoms with Crippen LogP contribution in [0.1, 0.15) is 47.0 Å². The number of nitrogens with zero attached hydrogens (tertiary/aromatic N) is 1. The van der Waals surface area contributed by atoms with Crippen LogP contribution in [-0.4, -0.2) is 48.3 Å². The SMILES string of the molecule is CCC1CCCN1C(CN)CNC(=O)OC(C)(C)C. The fourth-order valence-electron chi connectivity index (χ4n) is 2.63. The molecule has 0 aromatic carbocycles. The van der Waals surface area contributed by atoms with Crippen molar-refractivity contribution in [3.8, 4) is 0 Å². The van der Waals surface area contributed by atoms with E-state index in [0.717, 1.165) is 13.0 Å². The molecule has 0 saturated carbocycles. The van der Waals surface area contributed by atoms with Gasteiger partial charge in [-0.2, -0.15) is 0 Å². The first kappa shape index (κ1) is 16.2. The molecule has 5 heteroatoms. The molecule has 1 heterocycles. The normalized spacial score (nSPS) is 22.3. The van der Waals surface area contributed by atoms with Crippen molar-refractivity contribution in [2.75, 3.05) is 19.6 Å².